The van der Waals surface area contributed by atoms with Crippen molar-refractivity contribution >= 4 is 47.8 Å². The first-order valence-electron chi connectivity index (χ1n) is 8.77. The van der Waals surface area contributed by atoms with Crippen molar-refractivity contribution in [2.45, 2.75) is 16.7 Å². The number of aromatic hydroxyl groups is 1. The zero-order valence-corrected chi connectivity index (χ0v) is 17.7. The van der Waals surface area contributed by atoms with E-state index in [0.29, 0.717) is 22.1 Å². The van der Waals surface area contributed by atoms with Crippen LogP contribution < -0.4 is 5.32 Å². The molecule has 0 unspecified atom stereocenters. The summed E-state index contributed by atoms with van der Waals surface area (Å²) in [5, 5.41) is 22.2. The molecule has 0 fully saturated rings. The summed E-state index contributed by atoms with van der Waals surface area (Å²) in [6, 6.07) is 11.5. The van der Waals surface area contributed by atoms with E-state index in [2.05, 4.69) is 15.5 Å². The van der Waals surface area contributed by atoms with E-state index < -0.39 is 24.9 Å². The Labute approximate surface area is 173 Å². The molecule has 0 radical (unpaired) electrons. The Bertz CT molecular complexity index is 1370. The standard InChI is InChI=1S/C19H19N3O6S2/c1-3-29(24,25)12-7-9-15(18(11-12)30(26,27)28)21-22-19-14-5-4-6-17(23)13(14)8-10-16(19)20-2/h4-11,20,23H,3H2,1-2H3,(H,26,27,28)/b22-21+. The topological polar surface area (TPSA) is 145 Å². The van der Waals surface area contributed by atoms with E-state index in [0.717, 1.165) is 12.1 Å². The Morgan fingerprint density at radius 2 is 1.70 bits per heavy atom. The van der Waals surface area contributed by atoms with Crippen LogP contribution in [0.25, 0.3) is 10.8 Å². The van der Waals surface area contributed by atoms with Crippen LogP contribution in [0.2, 0.25) is 0 Å². The molecule has 0 heterocycles. The second-order valence-electron chi connectivity index (χ2n) is 6.29. The highest BCUT2D eigenvalue weighted by Gasteiger charge is 2.21. The van der Waals surface area contributed by atoms with Crippen LogP contribution in [-0.4, -0.2) is 39.3 Å². The van der Waals surface area contributed by atoms with Gasteiger partial charge in [-0.1, -0.05) is 19.1 Å². The number of phenols is 1. The van der Waals surface area contributed by atoms with Gasteiger partial charge >= 0.3 is 0 Å². The van der Waals surface area contributed by atoms with Gasteiger partial charge in [0.1, 0.15) is 22.0 Å². The second kappa shape index (κ2) is 8.01. The molecule has 11 heteroatoms. The molecule has 158 valence electrons. The quantitative estimate of drug-likeness (QED) is 0.380. The summed E-state index contributed by atoms with van der Waals surface area (Å²) in [6.45, 7) is 1.42. The number of rotatable bonds is 6. The van der Waals surface area contributed by atoms with Crippen molar-refractivity contribution < 1.29 is 26.5 Å². The van der Waals surface area contributed by atoms with Gasteiger partial charge in [0, 0.05) is 17.8 Å². The molecular formula is C19H19N3O6S2. The lowest BCUT2D eigenvalue weighted by molar-refractivity contribution is 0.481. The maximum absolute atomic E-state index is 12.1. The van der Waals surface area contributed by atoms with E-state index in [9.17, 15) is 26.5 Å². The van der Waals surface area contributed by atoms with E-state index in [4.69, 9.17) is 0 Å². The number of anilines is 1. The molecule has 0 saturated heterocycles. The molecule has 0 aliphatic carbocycles. The second-order valence-corrected chi connectivity index (χ2v) is 9.96. The van der Waals surface area contributed by atoms with E-state index >= 15 is 0 Å². The molecule has 0 spiro atoms. The Kier molecular flexibility index (Phi) is 5.79. The number of fused-ring (bicyclic) bond motifs is 1. The Morgan fingerprint density at radius 3 is 2.33 bits per heavy atom. The van der Waals surface area contributed by atoms with Crippen LogP contribution in [0.15, 0.2) is 68.6 Å². The highest BCUT2D eigenvalue weighted by Crippen LogP contribution is 2.39. The van der Waals surface area contributed by atoms with Crippen molar-refractivity contribution in [1.29, 1.82) is 0 Å². The van der Waals surface area contributed by atoms with Gasteiger partial charge in [-0.25, -0.2) is 8.42 Å². The first kappa shape index (κ1) is 21.7. The molecule has 3 rings (SSSR count). The van der Waals surface area contributed by atoms with Crippen molar-refractivity contribution in [3.63, 3.8) is 0 Å². The Morgan fingerprint density at radius 1 is 0.967 bits per heavy atom. The summed E-state index contributed by atoms with van der Waals surface area (Å²) in [7, 11) is -6.80. The first-order chi connectivity index (χ1) is 14.1. The molecule has 0 amide bonds. The van der Waals surface area contributed by atoms with E-state index in [1.807, 2.05) is 0 Å². The molecule has 3 N–H and O–H groups in total. The minimum absolute atomic E-state index is 0.0411. The zero-order chi connectivity index (χ0) is 22.1. The monoisotopic (exact) mass is 449 g/mol. The van der Waals surface area contributed by atoms with Crippen molar-refractivity contribution in [2.24, 2.45) is 10.2 Å². The zero-order valence-electron chi connectivity index (χ0n) is 16.1. The number of azo groups is 1. The third-order valence-electron chi connectivity index (χ3n) is 4.49. The fourth-order valence-corrected chi connectivity index (χ4v) is 4.51. The fourth-order valence-electron chi connectivity index (χ4n) is 2.88. The molecule has 0 atom stereocenters. The molecule has 0 aliphatic rings. The van der Waals surface area contributed by atoms with Gasteiger partial charge in [-0.05, 0) is 36.4 Å². The number of benzene rings is 3. The Hall–Kier alpha value is -3.02. The van der Waals surface area contributed by atoms with Gasteiger partial charge in [0.05, 0.1) is 16.3 Å². The maximum Gasteiger partial charge on any atom is 0.296 e. The van der Waals surface area contributed by atoms with Crippen molar-refractivity contribution in [1.82, 2.24) is 0 Å². The third-order valence-corrected chi connectivity index (χ3v) is 7.10. The van der Waals surface area contributed by atoms with Gasteiger partial charge in [0.15, 0.2) is 9.84 Å². The summed E-state index contributed by atoms with van der Waals surface area (Å²) < 4.78 is 57.4. The number of phenolic OH excluding ortho intramolecular Hbond substituents is 1. The molecule has 30 heavy (non-hydrogen) atoms. The van der Waals surface area contributed by atoms with Crippen molar-refractivity contribution in [3.05, 3.63) is 48.5 Å². The number of hydrogen-bond donors (Lipinski definition) is 3. The average Bonchev–Trinajstić information content (AvgIpc) is 2.71. The van der Waals surface area contributed by atoms with Gasteiger partial charge in [-0.3, -0.25) is 4.55 Å². The Balaban J connectivity index is 2.21. The lowest BCUT2D eigenvalue weighted by atomic mass is 10.1. The summed E-state index contributed by atoms with van der Waals surface area (Å²) in [4.78, 5) is -0.919. The fraction of sp³-hybridized carbons (Fsp3) is 0.158. The molecular weight excluding hydrogens is 430 g/mol. The van der Waals surface area contributed by atoms with Gasteiger partial charge < -0.3 is 10.4 Å². The summed E-state index contributed by atoms with van der Waals surface area (Å²) in [5.41, 5.74) is 0.666. The van der Waals surface area contributed by atoms with Crippen LogP contribution in [-0.2, 0) is 20.0 Å². The summed E-state index contributed by atoms with van der Waals surface area (Å²) >= 11 is 0. The smallest absolute Gasteiger partial charge is 0.296 e. The van der Waals surface area contributed by atoms with Crippen LogP contribution in [0, 0.1) is 0 Å². The van der Waals surface area contributed by atoms with Gasteiger partial charge in [0.2, 0.25) is 0 Å². The predicted octanol–water partition coefficient (Wildman–Crippen LogP) is 4.04. The number of nitrogens with one attached hydrogen (secondary N) is 1. The largest absolute Gasteiger partial charge is 0.507 e. The predicted molar refractivity (Wildman–Crippen MR) is 113 cm³/mol. The summed E-state index contributed by atoms with van der Waals surface area (Å²) in [5.74, 6) is -0.191. The van der Waals surface area contributed by atoms with E-state index in [1.54, 1.807) is 31.3 Å². The lowest BCUT2D eigenvalue weighted by Gasteiger charge is -2.10. The number of hydrogen-bond acceptors (Lipinski definition) is 8. The van der Waals surface area contributed by atoms with Crippen molar-refractivity contribution in [2.75, 3.05) is 18.1 Å². The highest BCUT2D eigenvalue weighted by molar-refractivity contribution is 7.91. The van der Waals surface area contributed by atoms with Gasteiger partial charge in [-0.15, -0.1) is 10.2 Å². The molecule has 0 aromatic heterocycles. The van der Waals surface area contributed by atoms with Crippen LogP contribution in [0.3, 0.4) is 0 Å². The van der Waals surface area contributed by atoms with Crippen molar-refractivity contribution in [3.8, 4) is 5.75 Å². The molecule has 9 nitrogen and oxygen atoms in total. The molecule has 3 aromatic carbocycles. The van der Waals surface area contributed by atoms with Crippen LogP contribution >= 0.6 is 0 Å². The minimum Gasteiger partial charge on any atom is -0.507 e. The maximum atomic E-state index is 12.1. The van der Waals surface area contributed by atoms with Crippen LogP contribution in [0.5, 0.6) is 5.75 Å². The average molecular weight is 450 g/mol. The number of sulfone groups is 1. The lowest BCUT2D eigenvalue weighted by Crippen LogP contribution is -2.06. The third kappa shape index (κ3) is 4.13. The highest BCUT2D eigenvalue weighted by atomic mass is 32.2. The SMILES string of the molecule is CCS(=O)(=O)c1ccc(/N=N/c2c(NC)ccc3c(O)cccc23)c(S(=O)(=O)O)c1. The number of nitrogens with zero attached hydrogens (tertiary/aromatic N) is 2. The van der Waals surface area contributed by atoms with E-state index in [-0.39, 0.29) is 22.1 Å². The van der Waals surface area contributed by atoms with Crippen LogP contribution in [0.1, 0.15) is 6.92 Å². The molecule has 0 bridgehead atoms. The van der Waals surface area contributed by atoms with E-state index in [1.165, 1.54) is 19.1 Å². The molecule has 0 saturated carbocycles. The molecule has 3 aromatic rings. The van der Waals surface area contributed by atoms with Gasteiger partial charge in [-0.2, -0.15) is 8.42 Å². The first-order valence-corrected chi connectivity index (χ1v) is 11.9. The summed E-state index contributed by atoms with van der Waals surface area (Å²) in [6.07, 6.45) is 0. The molecule has 0 aliphatic heterocycles. The normalized spacial score (nSPS) is 12.5. The van der Waals surface area contributed by atoms with Gasteiger partial charge in [0.25, 0.3) is 10.1 Å². The minimum atomic E-state index is -4.77. The van der Waals surface area contributed by atoms with Crippen LogP contribution in [0.4, 0.5) is 17.1 Å².